The smallest absolute Gasteiger partial charge is 0.0224 e. The Bertz CT molecular complexity index is 539. The largest absolute Gasteiger partial charge is 0.147 e. The maximum Gasteiger partial charge on any atom is -0.0224 e. The zero-order valence-electron chi connectivity index (χ0n) is 11.1. The lowest BCUT2D eigenvalue weighted by molar-refractivity contribution is 1.26. The molecule has 0 bridgehead atoms. The molecular weight excluding hydrogens is 240 g/mol. The van der Waals surface area contributed by atoms with Gasteiger partial charge < -0.3 is 0 Å². The number of rotatable bonds is 2. The minimum Gasteiger partial charge on any atom is -0.147 e. The molecule has 0 aromatic heterocycles. The number of aryl methyl sites for hydroxylation is 1. The lowest BCUT2D eigenvalue weighted by Gasteiger charge is -2.07. The summed E-state index contributed by atoms with van der Waals surface area (Å²) >= 11 is 0. The molecule has 0 nitrogen and oxygen atoms in total. The van der Waals surface area contributed by atoms with Crippen molar-refractivity contribution < 1.29 is 0 Å². The molecule has 18 heavy (non-hydrogen) atoms. The molecule has 0 atom stereocenters. The third-order valence-electron chi connectivity index (χ3n) is 3.35. The van der Waals surface area contributed by atoms with Crippen molar-refractivity contribution in [1.29, 1.82) is 0 Å². The first-order chi connectivity index (χ1) is 8.18. The second-order valence-corrected chi connectivity index (χ2v) is 4.47. The van der Waals surface area contributed by atoms with E-state index in [4.69, 9.17) is 0 Å². The van der Waals surface area contributed by atoms with E-state index in [1.54, 1.807) is 0 Å². The van der Waals surface area contributed by atoms with Crippen LogP contribution in [-0.4, -0.2) is 0 Å². The Morgan fingerprint density at radius 2 is 1.39 bits per heavy atom. The zero-order valence-corrected chi connectivity index (χ0v) is 11.9. The first kappa shape index (κ1) is 14.5. The molecule has 0 heterocycles. The first-order valence-corrected chi connectivity index (χ1v) is 5.98. The summed E-state index contributed by atoms with van der Waals surface area (Å²) in [6.45, 7) is 6.53. The standard InChI is InChI=1S/C17H18.ClH/c1-13-9-11-17(15(3)14(13)2)12-10-16-7-5-4-6-8-16;/h4-12H,1-3H3;1H. The van der Waals surface area contributed by atoms with Crippen LogP contribution >= 0.6 is 12.4 Å². The second-order valence-electron chi connectivity index (χ2n) is 4.47. The topological polar surface area (TPSA) is 0 Å². The number of benzene rings is 2. The summed E-state index contributed by atoms with van der Waals surface area (Å²) in [4.78, 5) is 0. The Morgan fingerprint density at radius 1 is 0.722 bits per heavy atom. The maximum atomic E-state index is 2.19. The number of halogens is 1. The molecule has 0 saturated heterocycles. The van der Waals surface area contributed by atoms with Gasteiger partial charge in [0.25, 0.3) is 0 Å². The van der Waals surface area contributed by atoms with Crippen molar-refractivity contribution >= 4 is 24.6 Å². The minimum absolute atomic E-state index is 0. The average molecular weight is 259 g/mol. The van der Waals surface area contributed by atoms with Crippen LogP contribution in [0.25, 0.3) is 12.2 Å². The molecular formula is C17H19Cl. The van der Waals surface area contributed by atoms with Gasteiger partial charge in [-0.3, -0.25) is 0 Å². The minimum atomic E-state index is 0. The van der Waals surface area contributed by atoms with Gasteiger partial charge >= 0.3 is 0 Å². The lowest BCUT2D eigenvalue weighted by atomic mass is 9.98. The highest BCUT2D eigenvalue weighted by molar-refractivity contribution is 5.85. The molecule has 0 aliphatic rings. The van der Waals surface area contributed by atoms with Gasteiger partial charge in [0.15, 0.2) is 0 Å². The highest BCUT2D eigenvalue weighted by Crippen LogP contribution is 2.19. The lowest BCUT2D eigenvalue weighted by Crippen LogP contribution is -1.89. The molecule has 94 valence electrons. The van der Waals surface area contributed by atoms with Crippen molar-refractivity contribution in [1.82, 2.24) is 0 Å². The van der Waals surface area contributed by atoms with Gasteiger partial charge in [-0.15, -0.1) is 12.4 Å². The van der Waals surface area contributed by atoms with E-state index in [0.29, 0.717) is 0 Å². The quantitative estimate of drug-likeness (QED) is 0.649. The Kier molecular flexibility index (Phi) is 5.18. The van der Waals surface area contributed by atoms with Gasteiger partial charge in [0.2, 0.25) is 0 Å². The van der Waals surface area contributed by atoms with E-state index in [1.165, 1.54) is 27.8 Å². The first-order valence-electron chi connectivity index (χ1n) is 5.98. The monoisotopic (exact) mass is 258 g/mol. The van der Waals surface area contributed by atoms with Crippen molar-refractivity contribution in [3.63, 3.8) is 0 Å². The summed E-state index contributed by atoms with van der Waals surface area (Å²) in [6.07, 6.45) is 4.36. The zero-order chi connectivity index (χ0) is 12.3. The normalized spacial score (nSPS) is 10.4. The third-order valence-corrected chi connectivity index (χ3v) is 3.35. The van der Waals surface area contributed by atoms with Crippen LogP contribution in [0.15, 0.2) is 42.5 Å². The number of hydrogen-bond acceptors (Lipinski definition) is 0. The van der Waals surface area contributed by atoms with E-state index in [9.17, 15) is 0 Å². The van der Waals surface area contributed by atoms with Crippen molar-refractivity contribution in [2.75, 3.05) is 0 Å². The predicted octanol–water partition coefficient (Wildman–Crippen LogP) is 5.20. The van der Waals surface area contributed by atoms with Crippen molar-refractivity contribution in [3.8, 4) is 0 Å². The van der Waals surface area contributed by atoms with E-state index in [2.05, 4.69) is 69.3 Å². The fourth-order valence-corrected chi connectivity index (χ4v) is 1.91. The molecule has 1 heteroatoms. The van der Waals surface area contributed by atoms with Gasteiger partial charge in [-0.05, 0) is 48.6 Å². The fourth-order valence-electron chi connectivity index (χ4n) is 1.91. The summed E-state index contributed by atoms with van der Waals surface area (Å²) in [6, 6.07) is 14.8. The van der Waals surface area contributed by atoms with Crippen LogP contribution in [-0.2, 0) is 0 Å². The summed E-state index contributed by atoms with van der Waals surface area (Å²) < 4.78 is 0. The summed E-state index contributed by atoms with van der Waals surface area (Å²) in [7, 11) is 0. The molecule has 0 aliphatic heterocycles. The molecule has 0 radical (unpaired) electrons. The molecule has 0 unspecified atom stereocenters. The fraction of sp³-hybridized carbons (Fsp3) is 0.176. The van der Waals surface area contributed by atoms with Crippen LogP contribution < -0.4 is 0 Å². The molecule has 0 saturated carbocycles. The average Bonchev–Trinajstić information content (AvgIpc) is 2.36. The van der Waals surface area contributed by atoms with Gasteiger partial charge in [-0.25, -0.2) is 0 Å². The highest BCUT2D eigenvalue weighted by atomic mass is 35.5. The molecule has 0 N–H and O–H groups in total. The molecule has 2 aromatic carbocycles. The third kappa shape index (κ3) is 3.24. The van der Waals surface area contributed by atoms with E-state index in [-0.39, 0.29) is 12.4 Å². The summed E-state index contributed by atoms with van der Waals surface area (Å²) in [5.41, 5.74) is 6.67. The predicted molar refractivity (Wildman–Crippen MR) is 83.3 cm³/mol. The summed E-state index contributed by atoms with van der Waals surface area (Å²) in [5, 5.41) is 0. The molecule has 0 amide bonds. The van der Waals surface area contributed by atoms with E-state index in [1.807, 2.05) is 6.07 Å². The number of hydrogen-bond donors (Lipinski definition) is 0. The molecule has 0 aliphatic carbocycles. The SMILES string of the molecule is Cc1ccc(C=Cc2ccccc2)c(C)c1C.Cl. The Hall–Kier alpha value is -1.53. The van der Waals surface area contributed by atoms with Crippen LogP contribution in [0.2, 0.25) is 0 Å². The van der Waals surface area contributed by atoms with E-state index in [0.717, 1.165) is 0 Å². The summed E-state index contributed by atoms with van der Waals surface area (Å²) in [5.74, 6) is 0. The Morgan fingerprint density at radius 3 is 2.06 bits per heavy atom. The van der Waals surface area contributed by atoms with Crippen LogP contribution in [0.5, 0.6) is 0 Å². The molecule has 0 fully saturated rings. The van der Waals surface area contributed by atoms with Crippen LogP contribution in [0, 0.1) is 20.8 Å². The van der Waals surface area contributed by atoms with E-state index < -0.39 is 0 Å². The second kappa shape index (κ2) is 6.42. The van der Waals surface area contributed by atoms with Crippen LogP contribution in [0.4, 0.5) is 0 Å². The van der Waals surface area contributed by atoms with Gasteiger partial charge in [-0.2, -0.15) is 0 Å². The van der Waals surface area contributed by atoms with Gasteiger partial charge in [-0.1, -0.05) is 54.6 Å². The van der Waals surface area contributed by atoms with Crippen molar-refractivity contribution in [3.05, 3.63) is 70.3 Å². The van der Waals surface area contributed by atoms with Crippen molar-refractivity contribution in [2.45, 2.75) is 20.8 Å². The Labute approximate surface area is 116 Å². The maximum absolute atomic E-state index is 2.19. The van der Waals surface area contributed by atoms with Gasteiger partial charge in [0, 0.05) is 0 Å². The van der Waals surface area contributed by atoms with E-state index >= 15 is 0 Å². The molecule has 0 spiro atoms. The van der Waals surface area contributed by atoms with Crippen LogP contribution in [0.3, 0.4) is 0 Å². The van der Waals surface area contributed by atoms with Crippen molar-refractivity contribution in [2.24, 2.45) is 0 Å². The van der Waals surface area contributed by atoms with Gasteiger partial charge in [0.05, 0.1) is 0 Å². The van der Waals surface area contributed by atoms with Crippen LogP contribution in [0.1, 0.15) is 27.8 Å². The highest BCUT2D eigenvalue weighted by Gasteiger charge is 2.00. The Balaban J connectivity index is 0.00000162. The van der Waals surface area contributed by atoms with Gasteiger partial charge in [0.1, 0.15) is 0 Å². The molecule has 2 aromatic rings. The molecule has 2 rings (SSSR count).